The smallest absolute Gasteiger partial charge is 0.169 e. The number of hydrogen-bond acceptors (Lipinski definition) is 3. The van der Waals surface area contributed by atoms with Gasteiger partial charge in [-0.1, -0.05) is 0 Å². The summed E-state index contributed by atoms with van der Waals surface area (Å²) in [6.07, 6.45) is 0. The quantitative estimate of drug-likeness (QED) is 0.855. The van der Waals surface area contributed by atoms with Gasteiger partial charge in [0.15, 0.2) is 4.67 Å². The number of nitrogens with two attached hydrogens (primary N) is 1. The van der Waals surface area contributed by atoms with Crippen molar-refractivity contribution in [2.45, 2.75) is 6.54 Å². The second kappa shape index (κ2) is 4.64. The summed E-state index contributed by atoms with van der Waals surface area (Å²) >= 11 is 3.25. The average Bonchev–Trinajstić information content (AvgIpc) is 2.36. The normalized spacial score (nSPS) is 11.0. The Balaban J connectivity index is 2.41. The fourth-order valence-corrected chi connectivity index (χ4v) is 1.34. The van der Waals surface area contributed by atoms with Crippen LogP contribution in [0.3, 0.4) is 0 Å². The average molecular weight is 233 g/mol. The molecule has 0 aromatic carbocycles. The summed E-state index contributed by atoms with van der Waals surface area (Å²) in [5.74, 6) is 0.956. The molecule has 0 bridgehead atoms. The first-order chi connectivity index (χ1) is 5.72. The highest BCUT2D eigenvalue weighted by Crippen LogP contribution is 2.14. The van der Waals surface area contributed by atoms with E-state index in [0.29, 0.717) is 6.54 Å². The van der Waals surface area contributed by atoms with Crippen LogP contribution in [-0.4, -0.2) is 25.0 Å². The van der Waals surface area contributed by atoms with E-state index >= 15 is 0 Å². The summed E-state index contributed by atoms with van der Waals surface area (Å²) in [6, 6.07) is 3.85. The van der Waals surface area contributed by atoms with Gasteiger partial charge in [-0.05, 0) is 35.1 Å². The van der Waals surface area contributed by atoms with Gasteiger partial charge in [0.2, 0.25) is 0 Å². The van der Waals surface area contributed by atoms with E-state index in [1.807, 2.05) is 19.2 Å². The predicted molar refractivity (Wildman–Crippen MR) is 51.8 cm³/mol. The van der Waals surface area contributed by atoms with E-state index in [1.165, 1.54) is 0 Å². The number of hydrogen-bond donors (Lipinski definition) is 1. The third-order valence-corrected chi connectivity index (χ3v) is 1.99. The zero-order valence-electron chi connectivity index (χ0n) is 7.09. The molecule has 12 heavy (non-hydrogen) atoms. The molecule has 0 aliphatic heterocycles. The SMILES string of the molecule is CN(CCN)Cc1ccc(Br)o1. The van der Waals surface area contributed by atoms with E-state index in [4.69, 9.17) is 10.2 Å². The first-order valence-corrected chi connectivity index (χ1v) is 4.64. The van der Waals surface area contributed by atoms with Gasteiger partial charge in [0.1, 0.15) is 5.76 Å². The summed E-state index contributed by atoms with van der Waals surface area (Å²) in [4.78, 5) is 2.12. The second-order valence-electron chi connectivity index (χ2n) is 2.73. The van der Waals surface area contributed by atoms with Crippen molar-refractivity contribution in [2.75, 3.05) is 20.1 Å². The molecule has 0 saturated carbocycles. The molecule has 0 aliphatic carbocycles. The molecule has 0 unspecified atom stereocenters. The highest BCUT2D eigenvalue weighted by Gasteiger charge is 2.02. The minimum atomic E-state index is 0.679. The van der Waals surface area contributed by atoms with Crippen molar-refractivity contribution < 1.29 is 4.42 Å². The highest BCUT2D eigenvalue weighted by atomic mass is 79.9. The van der Waals surface area contributed by atoms with Crippen LogP contribution >= 0.6 is 15.9 Å². The third-order valence-electron chi connectivity index (χ3n) is 1.57. The van der Waals surface area contributed by atoms with Gasteiger partial charge in [-0.2, -0.15) is 0 Å². The molecule has 0 saturated heterocycles. The van der Waals surface area contributed by atoms with Crippen molar-refractivity contribution in [3.63, 3.8) is 0 Å². The Morgan fingerprint density at radius 3 is 2.83 bits per heavy atom. The van der Waals surface area contributed by atoms with Gasteiger partial charge in [-0.15, -0.1) is 0 Å². The van der Waals surface area contributed by atoms with Gasteiger partial charge in [-0.3, -0.25) is 4.90 Å². The summed E-state index contributed by atoms with van der Waals surface area (Å²) in [5.41, 5.74) is 5.41. The molecule has 0 radical (unpaired) electrons. The number of rotatable bonds is 4. The molecule has 0 aliphatic rings. The Bertz CT molecular complexity index is 237. The van der Waals surface area contributed by atoms with E-state index in [9.17, 15) is 0 Å². The fraction of sp³-hybridized carbons (Fsp3) is 0.500. The Hall–Kier alpha value is -0.320. The molecule has 0 atom stereocenters. The standard InChI is InChI=1S/C8H13BrN2O/c1-11(5-4-10)6-7-2-3-8(9)12-7/h2-3H,4-6,10H2,1H3. The Morgan fingerprint density at radius 2 is 2.33 bits per heavy atom. The van der Waals surface area contributed by atoms with Gasteiger partial charge in [0.05, 0.1) is 6.54 Å². The maximum atomic E-state index is 5.41. The third kappa shape index (κ3) is 2.97. The predicted octanol–water partition coefficient (Wildman–Crippen LogP) is 1.43. The van der Waals surface area contributed by atoms with Crippen LogP contribution in [0.4, 0.5) is 0 Å². The van der Waals surface area contributed by atoms with Gasteiger partial charge >= 0.3 is 0 Å². The van der Waals surface area contributed by atoms with E-state index in [-0.39, 0.29) is 0 Å². The molecule has 1 aromatic heterocycles. The molecule has 0 fully saturated rings. The van der Waals surface area contributed by atoms with Crippen molar-refractivity contribution >= 4 is 15.9 Å². The molecule has 4 heteroatoms. The van der Waals surface area contributed by atoms with E-state index < -0.39 is 0 Å². The zero-order chi connectivity index (χ0) is 8.97. The lowest BCUT2D eigenvalue weighted by atomic mass is 10.4. The molecule has 68 valence electrons. The van der Waals surface area contributed by atoms with Crippen molar-refractivity contribution in [3.05, 3.63) is 22.6 Å². The Kier molecular flexibility index (Phi) is 3.78. The van der Waals surface area contributed by atoms with E-state index in [1.54, 1.807) is 0 Å². The van der Waals surface area contributed by atoms with Crippen LogP contribution < -0.4 is 5.73 Å². The first-order valence-electron chi connectivity index (χ1n) is 3.85. The molecule has 3 nitrogen and oxygen atoms in total. The largest absolute Gasteiger partial charge is 0.453 e. The van der Waals surface area contributed by atoms with Gasteiger partial charge in [0.25, 0.3) is 0 Å². The zero-order valence-corrected chi connectivity index (χ0v) is 8.67. The molecule has 2 N–H and O–H groups in total. The molecule has 1 heterocycles. The van der Waals surface area contributed by atoms with E-state index in [0.717, 1.165) is 23.5 Å². The molecular weight excluding hydrogens is 220 g/mol. The Labute approximate surface area is 80.7 Å². The molecule has 0 amide bonds. The van der Waals surface area contributed by atoms with Gasteiger partial charge in [-0.25, -0.2) is 0 Å². The maximum absolute atomic E-state index is 5.41. The van der Waals surface area contributed by atoms with Crippen LogP contribution in [0.15, 0.2) is 21.2 Å². The lowest BCUT2D eigenvalue weighted by molar-refractivity contribution is 0.299. The van der Waals surface area contributed by atoms with Crippen molar-refractivity contribution in [1.29, 1.82) is 0 Å². The molecule has 1 aromatic rings. The molecule has 1 rings (SSSR count). The number of likely N-dealkylation sites (N-methyl/N-ethyl adjacent to an activating group) is 1. The van der Waals surface area contributed by atoms with Crippen LogP contribution in [0, 0.1) is 0 Å². The van der Waals surface area contributed by atoms with Crippen LogP contribution in [0.1, 0.15) is 5.76 Å². The molecular formula is C8H13BrN2O. The minimum absolute atomic E-state index is 0.679. The monoisotopic (exact) mass is 232 g/mol. The second-order valence-corrected chi connectivity index (χ2v) is 3.51. The lowest BCUT2D eigenvalue weighted by Gasteiger charge is -2.12. The van der Waals surface area contributed by atoms with Gasteiger partial charge < -0.3 is 10.2 Å². The number of nitrogens with zero attached hydrogens (tertiary/aromatic N) is 1. The number of halogens is 1. The number of furan rings is 1. The fourth-order valence-electron chi connectivity index (χ4n) is 1.00. The minimum Gasteiger partial charge on any atom is -0.453 e. The Morgan fingerprint density at radius 1 is 1.58 bits per heavy atom. The van der Waals surface area contributed by atoms with Crippen molar-refractivity contribution in [3.8, 4) is 0 Å². The summed E-state index contributed by atoms with van der Waals surface area (Å²) in [7, 11) is 2.02. The topological polar surface area (TPSA) is 42.4 Å². The molecule has 0 spiro atoms. The van der Waals surface area contributed by atoms with Gasteiger partial charge in [0, 0.05) is 13.1 Å². The van der Waals surface area contributed by atoms with Crippen molar-refractivity contribution in [1.82, 2.24) is 4.90 Å². The summed E-state index contributed by atoms with van der Waals surface area (Å²) in [6.45, 7) is 2.37. The van der Waals surface area contributed by atoms with Crippen molar-refractivity contribution in [2.24, 2.45) is 5.73 Å². The van der Waals surface area contributed by atoms with Crippen LogP contribution in [0.2, 0.25) is 0 Å². The lowest BCUT2D eigenvalue weighted by Crippen LogP contribution is -2.24. The maximum Gasteiger partial charge on any atom is 0.169 e. The van der Waals surface area contributed by atoms with Crippen LogP contribution in [0.25, 0.3) is 0 Å². The highest BCUT2D eigenvalue weighted by molar-refractivity contribution is 9.10. The van der Waals surface area contributed by atoms with Crippen LogP contribution in [0.5, 0.6) is 0 Å². The van der Waals surface area contributed by atoms with E-state index in [2.05, 4.69) is 20.8 Å². The van der Waals surface area contributed by atoms with Crippen LogP contribution in [-0.2, 0) is 6.54 Å². The summed E-state index contributed by atoms with van der Waals surface area (Å²) in [5, 5.41) is 0. The first kappa shape index (κ1) is 9.77. The summed E-state index contributed by atoms with van der Waals surface area (Å²) < 4.78 is 6.11.